The second-order valence-electron chi connectivity index (χ2n) is 8.29. The number of likely N-dealkylation sites (N-methyl/N-ethyl adjacent to an activating group) is 1. The molecule has 2 aromatic rings. The number of carbonyl (C=O) groups excluding carboxylic acids is 1. The number of nitrogens with zero attached hydrogens (tertiary/aromatic N) is 2. The molecule has 0 fully saturated rings. The third kappa shape index (κ3) is 5.32. The van der Waals surface area contributed by atoms with Gasteiger partial charge in [-0.05, 0) is 48.4 Å². The van der Waals surface area contributed by atoms with Gasteiger partial charge in [-0.25, -0.2) is 9.38 Å². The van der Waals surface area contributed by atoms with Gasteiger partial charge in [0.1, 0.15) is 17.8 Å². The van der Waals surface area contributed by atoms with Crippen LogP contribution in [-0.4, -0.2) is 54.4 Å². The van der Waals surface area contributed by atoms with Gasteiger partial charge in [-0.3, -0.25) is 4.79 Å². The van der Waals surface area contributed by atoms with E-state index in [0.29, 0.717) is 17.1 Å². The average Bonchev–Trinajstić information content (AvgIpc) is 3.11. The van der Waals surface area contributed by atoms with Gasteiger partial charge in [0.25, 0.3) is 11.4 Å². The molecule has 0 saturated heterocycles. The van der Waals surface area contributed by atoms with E-state index in [1.165, 1.54) is 24.3 Å². The van der Waals surface area contributed by atoms with Gasteiger partial charge in [0.2, 0.25) is 0 Å². The van der Waals surface area contributed by atoms with Crippen LogP contribution in [0.2, 0.25) is 0 Å². The first-order valence-corrected chi connectivity index (χ1v) is 11.0. The lowest BCUT2D eigenvalue weighted by atomic mass is 9.94. The van der Waals surface area contributed by atoms with Crippen LogP contribution in [0.3, 0.4) is 0 Å². The van der Waals surface area contributed by atoms with Gasteiger partial charge >= 0.3 is 12.4 Å². The van der Waals surface area contributed by atoms with Crippen LogP contribution in [0.5, 0.6) is 0 Å². The van der Waals surface area contributed by atoms with Gasteiger partial charge < -0.3 is 15.0 Å². The summed E-state index contributed by atoms with van der Waals surface area (Å²) in [4.78, 5) is 16.4. The summed E-state index contributed by atoms with van der Waals surface area (Å²) in [7, 11) is 0.948. The first-order valence-electron chi connectivity index (χ1n) is 11.0. The molecule has 1 aliphatic heterocycles. The Morgan fingerprint density at radius 1 is 1.03 bits per heavy atom. The van der Waals surface area contributed by atoms with Crippen molar-refractivity contribution in [1.82, 2.24) is 10.2 Å². The number of hydrogen-bond donors (Lipinski definition) is 1. The number of benzene rings is 2. The highest BCUT2D eigenvalue weighted by molar-refractivity contribution is 6.02. The molecule has 1 aliphatic rings. The number of halogens is 7. The molecule has 0 aliphatic carbocycles. The third-order valence-electron chi connectivity index (χ3n) is 5.76. The van der Waals surface area contributed by atoms with Crippen LogP contribution in [0.1, 0.15) is 41.3 Å². The minimum atomic E-state index is -5.92. The van der Waals surface area contributed by atoms with Gasteiger partial charge in [0, 0.05) is 24.8 Å². The standard InChI is InChI=1S/C24H24F7N3O2/c1-3-4-13-36-14-15-5-7-17(8-6-15)20(35)32-21-22(23(26,27)28,24(29,30)31)33-19(34(21)2)16-9-11-18(25)12-10-16/h5-12,21H,3-4,13-14H2,1-2H3,(H,32,35). The SMILES string of the molecule is CCCCOCc1ccc(C(=O)NC2N(C)C(c3ccc(F)cc3)=NC2(C(F)(F)F)C(F)(F)F)cc1. The molecular weight excluding hydrogens is 495 g/mol. The van der Waals surface area contributed by atoms with Gasteiger partial charge in [0.15, 0.2) is 0 Å². The number of amidine groups is 1. The number of carbonyl (C=O) groups is 1. The summed E-state index contributed by atoms with van der Waals surface area (Å²) in [6, 6.07) is 9.35. The van der Waals surface area contributed by atoms with Crippen LogP contribution in [0.25, 0.3) is 0 Å². The van der Waals surface area contributed by atoms with Gasteiger partial charge in [-0.1, -0.05) is 25.5 Å². The van der Waals surface area contributed by atoms with Crippen molar-refractivity contribution in [3.8, 4) is 0 Å². The summed E-state index contributed by atoms with van der Waals surface area (Å²) >= 11 is 0. The lowest BCUT2D eigenvalue weighted by Crippen LogP contribution is -2.68. The summed E-state index contributed by atoms with van der Waals surface area (Å²) in [5, 5.41) is 1.87. The topological polar surface area (TPSA) is 53.9 Å². The quantitative estimate of drug-likeness (QED) is 0.373. The minimum absolute atomic E-state index is 0.144. The van der Waals surface area contributed by atoms with Crippen molar-refractivity contribution < 1.29 is 40.3 Å². The zero-order chi connectivity index (χ0) is 26.7. The molecule has 12 heteroatoms. The van der Waals surface area contributed by atoms with E-state index in [1.54, 1.807) is 0 Å². The van der Waals surface area contributed by atoms with Crippen LogP contribution in [0.4, 0.5) is 30.7 Å². The van der Waals surface area contributed by atoms with Crippen molar-refractivity contribution in [3.63, 3.8) is 0 Å². The zero-order valence-electron chi connectivity index (χ0n) is 19.4. The van der Waals surface area contributed by atoms with Crippen molar-refractivity contribution in [2.24, 2.45) is 4.99 Å². The molecule has 1 unspecified atom stereocenters. The molecule has 0 aromatic heterocycles. The van der Waals surface area contributed by atoms with E-state index in [9.17, 15) is 35.5 Å². The smallest absolute Gasteiger partial charge is 0.377 e. The Balaban J connectivity index is 1.92. The Labute approximate surface area is 203 Å². The summed E-state index contributed by atoms with van der Waals surface area (Å²) in [6.45, 7) is 2.77. The molecule has 2 aromatic carbocycles. The summed E-state index contributed by atoms with van der Waals surface area (Å²) in [6.07, 6.45) is -12.7. The summed E-state index contributed by atoms with van der Waals surface area (Å²) < 4.78 is 103. The van der Waals surface area contributed by atoms with E-state index >= 15 is 0 Å². The molecule has 1 heterocycles. The monoisotopic (exact) mass is 519 g/mol. The highest BCUT2D eigenvalue weighted by Gasteiger charge is 2.78. The highest BCUT2D eigenvalue weighted by Crippen LogP contribution is 2.51. The lowest BCUT2D eigenvalue weighted by molar-refractivity contribution is -0.304. The van der Waals surface area contributed by atoms with Gasteiger partial charge in [-0.2, -0.15) is 26.3 Å². The first-order chi connectivity index (χ1) is 16.8. The molecule has 5 nitrogen and oxygen atoms in total. The Bertz CT molecular complexity index is 1070. The molecule has 1 amide bonds. The maximum absolute atomic E-state index is 14.1. The van der Waals surface area contributed by atoms with Crippen LogP contribution in [0, 0.1) is 5.82 Å². The van der Waals surface area contributed by atoms with E-state index in [2.05, 4.69) is 4.99 Å². The maximum atomic E-state index is 14.1. The second-order valence-corrected chi connectivity index (χ2v) is 8.29. The van der Waals surface area contributed by atoms with E-state index in [4.69, 9.17) is 4.74 Å². The molecule has 0 bridgehead atoms. The fourth-order valence-corrected chi connectivity index (χ4v) is 3.77. The Kier molecular flexibility index (Phi) is 7.97. The van der Waals surface area contributed by atoms with E-state index in [0.717, 1.165) is 44.2 Å². The lowest BCUT2D eigenvalue weighted by Gasteiger charge is -2.38. The minimum Gasteiger partial charge on any atom is -0.377 e. The van der Waals surface area contributed by atoms with E-state index in [1.807, 2.05) is 12.2 Å². The predicted octanol–water partition coefficient (Wildman–Crippen LogP) is 5.45. The summed E-state index contributed by atoms with van der Waals surface area (Å²) in [5.41, 5.74) is -4.29. The molecule has 3 rings (SSSR count). The summed E-state index contributed by atoms with van der Waals surface area (Å²) in [5.74, 6) is -2.59. The number of rotatable bonds is 8. The number of ether oxygens (including phenoxy) is 1. The number of alkyl halides is 6. The van der Waals surface area contributed by atoms with Crippen molar-refractivity contribution >= 4 is 11.7 Å². The Morgan fingerprint density at radius 3 is 2.14 bits per heavy atom. The van der Waals surface area contributed by atoms with E-state index < -0.39 is 41.6 Å². The number of hydrogen-bond acceptors (Lipinski definition) is 4. The number of amides is 1. The van der Waals surface area contributed by atoms with Crippen molar-refractivity contribution in [1.29, 1.82) is 0 Å². The van der Waals surface area contributed by atoms with Crippen molar-refractivity contribution in [3.05, 3.63) is 71.0 Å². The molecule has 0 spiro atoms. The fraction of sp³-hybridized carbons (Fsp3) is 0.417. The first kappa shape index (κ1) is 27.4. The zero-order valence-corrected chi connectivity index (χ0v) is 19.4. The maximum Gasteiger partial charge on any atom is 0.426 e. The second kappa shape index (κ2) is 10.5. The number of nitrogens with one attached hydrogen (secondary N) is 1. The highest BCUT2D eigenvalue weighted by atomic mass is 19.4. The molecule has 0 saturated carbocycles. The van der Waals surface area contributed by atoms with Crippen LogP contribution >= 0.6 is 0 Å². The fourth-order valence-electron chi connectivity index (χ4n) is 3.77. The van der Waals surface area contributed by atoms with Crippen molar-refractivity contribution in [2.45, 2.75) is 50.4 Å². The van der Waals surface area contributed by atoms with E-state index in [-0.39, 0.29) is 17.7 Å². The average molecular weight is 519 g/mol. The van der Waals surface area contributed by atoms with Crippen LogP contribution < -0.4 is 5.32 Å². The predicted molar refractivity (Wildman–Crippen MR) is 118 cm³/mol. The van der Waals surface area contributed by atoms with Gasteiger partial charge in [0.05, 0.1) is 6.61 Å². The Morgan fingerprint density at radius 2 is 1.61 bits per heavy atom. The molecule has 36 heavy (non-hydrogen) atoms. The third-order valence-corrected chi connectivity index (χ3v) is 5.76. The Hall–Kier alpha value is -3.15. The largest absolute Gasteiger partial charge is 0.426 e. The molecule has 1 N–H and O–H groups in total. The van der Waals surface area contributed by atoms with Crippen molar-refractivity contribution in [2.75, 3.05) is 13.7 Å². The molecule has 196 valence electrons. The number of unbranched alkanes of at least 4 members (excludes halogenated alkanes) is 1. The molecule has 0 radical (unpaired) electrons. The van der Waals surface area contributed by atoms with Gasteiger partial charge in [-0.15, -0.1) is 0 Å². The van der Waals surface area contributed by atoms with Crippen LogP contribution in [0.15, 0.2) is 53.5 Å². The molecular formula is C24H24F7N3O2. The number of aliphatic imine (C=N–C) groups is 1. The normalized spacial score (nSPS) is 17.8. The van der Waals surface area contributed by atoms with Crippen LogP contribution in [-0.2, 0) is 11.3 Å². The molecule has 1 atom stereocenters.